The van der Waals surface area contributed by atoms with E-state index in [0.717, 1.165) is 0 Å². The minimum atomic E-state index is -0.200. The van der Waals surface area contributed by atoms with Crippen LogP contribution >= 0.6 is 15.8 Å². The third kappa shape index (κ3) is 1.55. The molecule has 0 atom stereocenters. The Bertz CT molecular complexity index is 202. The second kappa shape index (κ2) is 3.02. The van der Waals surface area contributed by atoms with Crippen LogP contribution in [0, 0.1) is 5.82 Å². The van der Waals surface area contributed by atoms with Crippen molar-refractivity contribution in [1.29, 1.82) is 0 Å². The lowest BCUT2D eigenvalue weighted by molar-refractivity contribution is 0.636. The predicted molar refractivity (Wildman–Crippen MR) is 40.7 cm³/mol. The van der Waals surface area contributed by atoms with E-state index in [1.807, 2.05) is 0 Å². The van der Waals surface area contributed by atoms with Crippen molar-refractivity contribution < 1.29 is 4.39 Å². The molecule has 0 saturated carbocycles. The molecule has 0 fully saturated rings. The molecule has 3 heteroatoms. The molecule has 0 aromatic heterocycles. The van der Waals surface area contributed by atoms with Gasteiger partial charge in [-0.25, -0.2) is 4.39 Å². The second-order valence-corrected chi connectivity index (χ2v) is 2.09. The molecule has 0 aliphatic carbocycles. The molecule has 0 aliphatic heterocycles. The number of rotatable bonds is 1. The van der Waals surface area contributed by atoms with Gasteiger partial charge in [0.2, 0.25) is 6.10 Å². The fourth-order valence-corrected chi connectivity index (χ4v) is 0.935. The SMILES string of the molecule is Fc1ccccc1[B]Br. The van der Waals surface area contributed by atoms with Crippen LogP contribution in [0.3, 0.4) is 0 Å². The predicted octanol–water partition coefficient (Wildman–Crippen LogP) is 1.47. The van der Waals surface area contributed by atoms with Gasteiger partial charge in [-0.15, -0.1) is 0 Å². The Morgan fingerprint density at radius 1 is 1.33 bits per heavy atom. The van der Waals surface area contributed by atoms with Gasteiger partial charge in [0.1, 0.15) is 5.82 Å². The van der Waals surface area contributed by atoms with Gasteiger partial charge in [-0.2, -0.15) is 15.8 Å². The van der Waals surface area contributed by atoms with E-state index in [1.165, 1.54) is 6.07 Å². The zero-order valence-electron chi connectivity index (χ0n) is 4.64. The Hall–Kier alpha value is -0.305. The summed E-state index contributed by atoms with van der Waals surface area (Å²) in [7, 11) is 0. The van der Waals surface area contributed by atoms with Crippen molar-refractivity contribution >= 4 is 27.3 Å². The molecule has 1 radical (unpaired) electrons. The summed E-state index contributed by atoms with van der Waals surface area (Å²) < 4.78 is 12.5. The average Bonchev–Trinajstić information content (AvgIpc) is 1.89. The smallest absolute Gasteiger partial charge is 0.208 e. The molecule has 0 nitrogen and oxygen atoms in total. The van der Waals surface area contributed by atoms with Gasteiger partial charge in [-0.1, -0.05) is 18.2 Å². The minimum absolute atomic E-state index is 0.200. The third-order valence-electron chi connectivity index (χ3n) is 1.02. The maximum absolute atomic E-state index is 12.5. The lowest BCUT2D eigenvalue weighted by Gasteiger charge is -1.92. The summed E-state index contributed by atoms with van der Waals surface area (Å²) in [5, 5.41) is 0. The Labute approximate surface area is 62.3 Å². The summed E-state index contributed by atoms with van der Waals surface area (Å²) in [6, 6.07) is 6.57. The standard InChI is InChI=1S/C6H4BBrF/c8-7-5-3-1-2-4-6(5)9/h1-4H. The zero-order chi connectivity index (χ0) is 6.69. The average molecular weight is 186 g/mol. The van der Waals surface area contributed by atoms with Gasteiger partial charge < -0.3 is 0 Å². The van der Waals surface area contributed by atoms with Gasteiger partial charge in [0.15, 0.2) is 0 Å². The topological polar surface area (TPSA) is 0 Å². The van der Waals surface area contributed by atoms with Crippen LogP contribution in [0.5, 0.6) is 0 Å². The summed E-state index contributed by atoms with van der Waals surface area (Å²) in [5.41, 5.74) is 0.581. The second-order valence-electron chi connectivity index (χ2n) is 1.63. The minimum Gasteiger partial charge on any atom is -0.208 e. The first-order valence-electron chi connectivity index (χ1n) is 2.52. The molecule has 0 bridgehead atoms. The third-order valence-corrected chi connectivity index (χ3v) is 1.52. The molecule has 45 valence electrons. The molecule has 1 aromatic rings. The quantitative estimate of drug-likeness (QED) is 0.582. The van der Waals surface area contributed by atoms with E-state index < -0.39 is 0 Å². The molecular weight excluding hydrogens is 182 g/mol. The maximum Gasteiger partial charge on any atom is 0.247 e. The zero-order valence-corrected chi connectivity index (χ0v) is 6.23. The highest BCUT2D eigenvalue weighted by atomic mass is 79.9. The molecule has 0 spiro atoms. The monoisotopic (exact) mass is 185 g/mol. The van der Waals surface area contributed by atoms with Gasteiger partial charge in [0, 0.05) is 0 Å². The first kappa shape index (κ1) is 6.81. The Morgan fingerprint density at radius 2 is 2.00 bits per heavy atom. The Morgan fingerprint density at radius 3 is 2.44 bits per heavy atom. The van der Waals surface area contributed by atoms with Crippen molar-refractivity contribution in [2.75, 3.05) is 0 Å². The Kier molecular flexibility index (Phi) is 2.28. The van der Waals surface area contributed by atoms with Crippen molar-refractivity contribution in [1.82, 2.24) is 0 Å². The number of benzene rings is 1. The van der Waals surface area contributed by atoms with Crippen LogP contribution in [-0.2, 0) is 0 Å². The molecule has 1 aromatic carbocycles. The number of halogens is 2. The fourth-order valence-electron chi connectivity index (χ4n) is 0.564. The molecule has 0 saturated heterocycles. The summed E-state index contributed by atoms with van der Waals surface area (Å²) in [6.45, 7) is 0. The fraction of sp³-hybridized carbons (Fsp3) is 0. The van der Waals surface area contributed by atoms with Crippen LogP contribution in [0.4, 0.5) is 4.39 Å². The largest absolute Gasteiger partial charge is 0.247 e. The van der Waals surface area contributed by atoms with E-state index in [4.69, 9.17) is 0 Å². The molecule has 0 unspecified atom stereocenters. The van der Waals surface area contributed by atoms with Crippen molar-refractivity contribution in [3.05, 3.63) is 30.1 Å². The van der Waals surface area contributed by atoms with E-state index in [2.05, 4.69) is 15.8 Å². The highest BCUT2D eigenvalue weighted by Crippen LogP contribution is 1.92. The van der Waals surface area contributed by atoms with Crippen LogP contribution in [0.1, 0.15) is 0 Å². The van der Waals surface area contributed by atoms with Crippen LogP contribution in [0.15, 0.2) is 24.3 Å². The molecule has 9 heavy (non-hydrogen) atoms. The lowest BCUT2D eigenvalue weighted by atomic mass is 9.95. The molecular formula is C6H4BBrF. The van der Waals surface area contributed by atoms with E-state index >= 15 is 0 Å². The van der Waals surface area contributed by atoms with E-state index in [-0.39, 0.29) is 5.82 Å². The highest BCUT2D eigenvalue weighted by Gasteiger charge is 1.96. The van der Waals surface area contributed by atoms with Crippen LogP contribution < -0.4 is 5.46 Å². The van der Waals surface area contributed by atoms with Crippen LogP contribution in [0.25, 0.3) is 0 Å². The first-order chi connectivity index (χ1) is 4.34. The van der Waals surface area contributed by atoms with E-state index in [9.17, 15) is 4.39 Å². The van der Waals surface area contributed by atoms with Gasteiger partial charge in [-0.3, -0.25) is 0 Å². The van der Waals surface area contributed by atoms with Gasteiger partial charge >= 0.3 is 0 Å². The van der Waals surface area contributed by atoms with E-state index in [0.29, 0.717) is 5.46 Å². The molecule has 0 amide bonds. The van der Waals surface area contributed by atoms with Crippen molar-refractivity contribution in [3.63, 3.8) is 0 Å². The van der Waals surface area contributed by atoms with Crippen LogP contribution in [0.2, 0.25) is 0 Å². The Balaban J connectivity index is 3.01. The normalized spacial score (nSPS) is 9.11. The first-order valence-corrected chi connectivity index (χ1v) is 3.44. The summed E-state index contributed by atoms with van der Waals surface area (Å²) in [6.07, 6.45) is 1.56. The van der Waals surface area contributed by atoms with Gasteiger partial charge in [0.25, 0.3) is 0 Å². The van der Waals surface area contributed by atoms with Gasteiger partial charge in [-0.05, 0) is 11.5 Å². The highest BCUT2D eigenvalue weighted by molar-refractivity contribution is 9.23. The summed E-state index contributed by atoms with van der Waals surface area (Å²) in [4.78, 5) is 0. The van der Waals surface area contributed by atoms with Crippen molar-refractivity contribution in [2.24, 2.45) is 0 Å². The maximum atomic E-state index is 12.5. The van der Waals surface area contributed by atoms with Gasteiger partial charge in [0.05, 0.1) is 0 Å². The summed E-state index contributed by atoms with van der Waals surface area (Å²) >= 11 is 3.04. The molecule has 0 heterocycles. The molecule has 0 N–H and O–H groups in total. The summed E-state index contributed by atoms with van der Waals surface area (Å²) in [5.74, 6) is -0.200. The van der Waals surface area contributed by atoms with Crippen molar-refractivity contribution in [3.8, 4) is 0 Å². The van der Waals surface area contributed by atoms with Crippen molar-refractivity contribution in [2.45, 2.75) is 0 Å². The number of hydrogen-bond donors (Lipinski definition) is 0. The molecule has 0 aliphatic rings. The molecule has 1 rings (SSSR count). The van der Waals surface area contributed by atoms with Crippen LogP contribution in [-0.4, -0.2) is 6.10 Å². The van der Waals surface area contributed by atoms with E-state index in [1.54, 1.807) is 24.3 Å². The lowest BCUT2D eigenvalue weighted by Crippen LogP contribution is -2.11. The number of hydrogen-bond acceptors (Lipinski definition) is 0.